The largest absolute Gasteiger partial charge is 0.490 e. The number of carbonyl (C=O) groups is 1. The minimum atomic E-state index is -0.169. The Kier molecular flexibility index (Phi) is 7.04. The van der Waals surface area contributed by atoms with E-state index in [4.69, 9.17) is 4.74 Å². The lowest BCUT2D eigenvalue weighted by molar-refractivity contribution is -0.131. The minimum absolute atomic E-state index is 0.0729. The summed E-state index contributed by atoms with van der Waals surface area (Å²) >= 11 is 5.15. The number of piperidine rings is 1. The molecule has 2 aliphatic rings. The van der Waals surface area contributed by atoms with Gasteiger partial charge in [-0.25, -0.2) is 0 Å². The Labute approximate surface area is 191 Å². The first-order valence-electron chi connectivity index (χ1n) is 10.2. The lowest BCUT2D eigenvalue weighted by Crippen LogP contribution is -2.54. The molecule has 4 rings (SSSR count). The number of likely N-dealkylation sites (tertiary alicyclic amines) is 1. The van der Waals surface area contributed by atoms with Crippen molar-refractivity contribution >= 4 is 33.6 Å². The molecule has 156 valence electrons. The highest BCUT2D eigenvalue weighted by atomic mass is 79.9. The Morgan fingerprint density at radius 1 is 1.17 bits per heavy atom. The van der Waals surface area contributed by atoms with E-state index in [0.29, 0.717) is 11.6 Å². The summed E-state index contributed by atoms with van der Waals surface area (Å²) in [6.07, 6.45) is 0.785. The lowest BCUT2D eigenvalue weighted by atomic mass is 9.87. The second-order valence-corrected chi connectivity index (χ2v) is 9.39. The zero-order valence-corrected chi connectivity index (χ0v) is 19.4. The molecule has 2 saturated heterocycles. The van der Waals surface area contributed by atoms with Crippen LogP contribution in [0.5, 0.6) is 5.75 Å². The van der Waals surface area contributed by atoms with Crippen LogP contribution in [0.1, 0.15) is 24.8 Å². The van der Waals surface area contributed by atoms with Crippen LogP contribution < -0.4 is 4.74 Å². The van der Waals surface area contributed by atoms with Crippen molar-refractivity contribution in [1.29, 1.82) is 0 Å². The van der Waals surface area contributed by atoms with Crippen LogP contribution in [-0.4, -0.2) is 52.7 Å². The first-order valence-corrected chi connectivity index (χ1v) is 12.1. The van der Waals surface area contributed by atoms with Crippen LogP contribution in [0.25, 0.3) is 0 Å². The van der Waals surface area contributed by atoms with Crippen LogP contribution in [0.15, 0.2) is 59.1 Å². The maximum atomic E-state index is 12.4. The fraction of sp³-hybridized carbons (Fsp3) is 0.375. The molecule has 0 radical (unpaired) electrons. The normalized spacial score (nSPS) is 23.0. The van der Waals surface area contributed by atoms with Crippen molar-refractivity contribution in [3.05, 3.63) is 64.6 Å². The molecule has 6 heteroatoms. The van der Waals surface area contributed by atoms with Crippen molar-refractivity contribution in [3.63, 3.8) is 0 Å². The maximum Gasteiger partial charge on any atom is 0.235 e. The summed E-state index contributed by atoms with van der Waals surface area (Å²) in [7, 11) is 0. The number of hydrogen-bond donors (Lipinski definition) is 0. The molecule has 2 aliphatic heterocycles. The molecule has 30 heavy (non-hydrogen) atoms. The van der Waals surface area contributed by atoms with Gasteiger partial charge in [-0.3, -0.25) is 9.69 Å². The van der Waals surface area contributed by atoms with Crippen LogP contribution >= 0.6 is 27.7 Å². The fourth-order valence-corrected chi connectivity index (χ4v) is 5.29. The Hall–Kier alpha value is -1.94. The summed E-state index contributed by atoms with van der Waals surface area (Å²) in [5.41, 5.74) is 1.26. The average molecular weight is 485 g/mol. The van der Waals surface area contributed by atoms with Gasteiger partial charge in [0, 0.05) is 23.5 Å². The predicted octanol–water partition coefficient (Wildman–Crippen LogP) is 4.57. The van der Waals surface area contributed by atoms with Gasteiger partial charge in [0.25, 0.3) is 0 Å². The number of hydrogen-bond acceptors (Lipinski definition) is 4. The van der Waals surface area contributed by atoms with Crippen molar-refractivity contribution in [1.82, 2.24) is 9.80 Å². The molecular weight excluding hydrogens is 460 g/mol. The van der Waals surface area contributed by atoms with E-state index in [0.717, 1.165) is 29.7 Å². The fourth-order valence-electron chi connectivity index (χ4n) is 4.12. The second kappa shape index (κ2) is 9.91. The number of thioether (sulfide) groups is 1. The molecule has 1 amide bonds. The van der Waals surface area contributed by atoms with Gasteiger partial charge in [-0.15, -0.1) is 17.7 Å². The Morgan fingerprint density at radius 3 is 2.60 bits per heavy atom. The summed E-state index contributed by atoms with van der Waals surface area (Å²) in [5, 5.41) is 0. The van der Waals surface area contributed by atoms with Gasteiger partial charge >= 0.3 is 0 Å². The van der Waals surface area contributed by atoms with E-state index in [9.17, 15) is 4.79 Å². The van der Waals surface area contributed by atoms with E-state index < -0.39 is 0 Å². The first kappa shape index (κ1) is 21.3. The molecule has 4 nitrogen and oxygen atoms in total. The second-order valence-electron chi connectivity index (χ2n) is 7.52. The first-order chi connectivity index (χ1) is 14.7. The van der Waals surface area contributed by atoms with Crippen molar-refractivity contribution in [2.75, 3.05) is 24.7 Å². The van der Waals surface area contributed by atoms with Gasteiger partial charge in [0.2, 0.25) is 5.91 Å². The van der Waals surface area contributed by atoms with Crippen molar-refractivity contribution in [3.8, 4) is 17.6 Å². The van der Waals surface area contributed by atoms with E-state index in [1.165, 1.54) is 5.56 Å². The van der Waals surface area contributed by atoms with E-state index in [-0.39, 0.29) is 24.1 Å². The number of carbonyl (C=O) groups excluding carboxylic acids is 1. The number of nitrogens with zero attached hydrogens (tertiary/aromatic N) is 2. The Morgan fingerprint density at radius 2 is 1.93 bits per heavy atom. The number of ether oxygens (including phenoxy) is 1. The minimum Gasteiger partial charge on any atom is -0.490 e. The molecule has 2 heterocycles. The standard InChI is InChI=1S/C24H25BrN2O2S/c1-2-6-23(27-17-30-16-24(27)28)26-14-13-22(29-20-11-9-19(25)10-12-20)21(15-26)18-7-4-3-5-8-18/h3-5,7-12,21-23H,13-17H2,1H3. The van der Waals surface area contributed by atoms with Crippen molar-refractivity contribution in [2.45, 2.75) is 31.5 Å². The molecule has 0 spiro atoms. The molecule has 2 aromatic rings. The van der Waals surface area contributed by atoms with Crippen LogP contribution in [0.4, 0.5) is 0 Å². The predicted molar refractivity (Wildman–Crippen MR) is 125 cm³/mol. The van der Waals surface area contributed by atoms with Crippen LogP contribution in [-0.2, 0) is 4.79 Å². The van der Waals surface area contributed by atoms with Crippen LogP contribution in [0.3, 0.4) is 0 Å². The maximum absolute atomic E-state index is 12.4. The Balaban J connectivity index is 1.58. The monoisotopic (exact) mass is 484 g/mol. The Bertz CT molecular complexity index is 926. The molecule has 0 aromatic heterocycles. The quantitative estimate of drug-likeness (QED) is 0.581. The van der Waals surface area contributed by atoms with Gasteiger partial charge in [-0.05, 0) is 43.2 Å². The highest BCUT2D eigenvalue weighted by Gasteiger charge is 2.38. The highest BCUT2D eigenvalue weighted by molar-refractivity contribution is 9.10. The lowest BCUT2D eigenvalue weighted by Gasteiger charge is -2.43. The number of halogens is 1. The molecule has 0 aliphatic carbocycles. The zero-order valence-electron chi connectivity index (χ0n) is 17.0. The molecule has 2 aromatic carbocycles. The summed E-state index contributed by atoms with van der Waals surface area (Å²) in [4.78, 5) is 16.7. The molecule has 0 N–H and O–H groups in total. The summed E-state index contributed by atoms with van der Waals surface area (Å²) in [5.74, 6) is 8.86. The van der Waals surface area contributed by atoms with Gasteiger partial charge in [-0.1, -0.05) is 52.2 Å². The summed E-state index contributed by atoms with van der Waals surface area (Å²) < 4.78 is 7.48. The molecule has 3 unspecified atom stereocenters. The molecule has 0 bridgehead atoms. The van der Waals surface area contributed by atoms with Crippen LogP contribution in [0.2, 0.25) is 0 Å². The SMILES string of the molecule is CC#CC(N1CCC(Oc2ccc(Br)cc2)C(c2ccccc2)C1)N1CSCC1=O. The molecular formula is C24H25BrN2O2S. The third-order valence-electron chi connectivity index (χ3n) is 5.60. The summed E-state index contributed by atoms with van der Waals surface area (Å²) in [6, 6.07) is 18.6. The third kappa shape index (κ3) is 4.85. The average Bonchev–Trinajstić information content (AvgIpc) is 3.20. The molecule has 3 atom stereocenters. The van der Waals surface area contributed by atoms with Gasteiger partial charge in [0.15, 0.2) is 0 Å². The van der Waals surface area contributed by atoms with E-state index in [2.05, 4.69) is 56.9 Å². The van der Waals surface area contributed by atoms with Gasteiger partial charge < -0.3 is 9.64 Å². The van der Waals surface area contributed by atoms with Gasteiger partial charge in [0.05, 0.1) is 11.6 Å². The van der Waals surface area contributed by atoms with E-state index >= 15 is 0 Å². The smallest absolute Gasteiger partial charge is 0.235 e. The summed E-state index contributed by atoms with van der Waals surface area (Å²) in [6.45, 7) is 3.50. The zero-order chi connectivity index (χ0) is 20.9. The highest BCUT2D eigenvalue weighted by Crippen LogP contribution is 2.33. The number of benzene rings is 2. The topological polar surface area (TPSA) is 32.8 Å². The van der Waals surface area contributed by atoms with E-state index in [1.807, 2.05) is 42.2 Å². The van der Waals surface area contributed by atoms with Crippen molar-refractivity contribution in [2.24, 2.45) is 0 Å². The van der Waals surface area contributed by atoms with Gasteiger partial charge in [0.1, 0.15) is 18.0 Å². The van der Waals surface area contributed by atoms with E-state index in [1.54, 1.807) is 11.8 Å². The van der Waals surface area contributed by atoms with Crippen LogP contribution in [0, 0.1) is 11.8 Å². The number of rotatable bonds is 5. The third-order valence-corrected chi connectivity index (χ3v) is 7.04. The molecule has 0 saturated carbocycles. The van der Waals surface area contributed by atoms with Crippen molar-refractivity contribution < 1.29 is 9.53 Å². The molecule has 2 fully saturated rings. The number of amides is 1. The van der Waals surface area contributed by atoms with Gasteiger partial charge in [-0.2, -0.15) is 0 Å².